The molecular weight excluding hydrogens is 204 g/mol. The Morgan fingerprint density at radius 3 is 2.81 bits per heavy atom. The van der Waals surface area contributed by atoms with E-state index in [1.165, 1.54) is 0 Å². The summed E-state index contributed by atoms with van der Waals surface area (Å²) in [5, 5.41) is 17.6. The topological polar surface area (TPSA) is 64.3 Å². The highest BCUT2D eigenvalue weighted by Crippen LogP contribution is 2.21. The molecule has 0 bridgehead atoms. The first-order valence-corrected chi connectivity index (χ1v) is 4.98. The highest BCUT2D eigenvalue weighted by atomic mass is 16.4. The molecule has 0 aliphatic heterocycles. The van der Waals surface area contributed by atoms with E-state index in [0.717, 1.165) is 5.56 Å². The van der Waals surface area contributed by atoms with Crippen LogP contribution in [0.5, 0.6) is 0 Å². The number of hydrogen-bond acceptors (Lipinski definition) is 3. The predicted octanol–water partition coefficient (Wildman–Crippen LogP) is 2.04. The van der Waals surface area contributed by atoms with Gasteiger partial charge in [-0.3, -0.25) is 0 Å². The van der Waals surface area contributed by atoms with Crippen molar-refractivity contribution < 1.29 is 9.90 Å². The van der Waals surface area contributed by atoms with Gasteiger partial charge in [0.1, 0.15) is 0 Å². The predicted molar refractivity (Wildman–Crippen MR) is 61.6 cm³/mol. The van der Waals surface area contributed by atoms with Crippen LogP contribution in [0.2, 0.25) is 0 Å². The van der Waals surface area contributed by atoms with Crippen molar-refractivity contribution in [2.45, 2.75) is 13.3 Å². The number of carboxylic acids is 1. The van der Waals surface area contributed by atoms with Crippen LogP contribution in [-0.4, -0.2) is 24.7 Å². The third-order valence-electron chi connectivity index (χ3n) is 2.35. The molecule has 0 unspecified atom stereocenters. The highest BCUT2D eigenvalue weighted by molar-refractivity contribution is 5.94. The molecule has 16 heavy (non-hydrogen) atoms. The zero-order chi connectivity index (χ0) is 12.1. The van der Waals surface area contributed by atoms with E-state index in [0.29, 0.717) is 18.7 Å². The molecule has 1 aromatic carbocycles. The lowest BCUT2D eigenvalue weighted by Gasteiger charge is -2.20. The van der Waals surface area contributed by atoms with Crippen LogP contribution in [0.15, 0.2) is 18.2 Å². The van der Waals surface area contributed by atoms with Crippen LogP contribution in [-0.2, 0) is 0 Å². The molecule has 4 nitrogen and oxygen atoms in total. The standard InChI is InChI=1S/C12H14N2O2/c1-9-4-5-11(10(8-9)12(15)16)14(2)7-3-6-13/h4-5,8H,3,7H2,1-2H3,(H,15,16). The number of hydrogen-bond donors (Lipinski definition) is 1. The number of rotatable bonds is 4. The molecule has 0 radical (unpaired) electrons. The van der Waals surface area contributed by atoms with Crippen LogP contribution < -0.4 is 4.90 Å². The van der Waals surface area contributed by atoms with Gasteiger partial charge in [0.05, 0.1) is 23.7 Å². The molecule has 0 spiro atoms. The van der Waals surface area contributed by atoms with Crippen LogP contribution in [0.3, 0.4) is 0 Å². The average Bonchev–Trinajstić information content (AvgIpc) is 2.25. The Morgan fingerprint density at radius 2 is 2.25 bits per heavy atom. The molecule has 0 heterocycles. The Kier molecular flexibility index (Phi) is 3.90. The summed E-state index contributed by atoms with van der Waals surface area (Å²) in [5.74, 6) is -0.942. The Balaban J connectivity index is 3.03. The molecule has 0 aliphatic rings. The van der Waals surface area contributed by atoms with Gasteiger partial charge in [0.25, 0.3) is 0 Å². The first-order valence-electron chi connectivity index (χ1n) is 4.98. The number of aryl methyl sites for hydroxylation is 1. The smallest absolute Gasteiger partial charge is 0.337 e. The summed E-state index contributed by atoms with van der Waals surface area (Å²) in [7, 11) is 1.79. The van der Waals surface area contributed by atoms with Gasteiger partial charge in [-0.25, -0.2) is 4.79 Å². The van der Waals surface area contributed by atoms with Crippen molar-refractivity contribution in [1.82, 2.24) is 0 Å². The number of carbonyl (C=O) groups is 1. The van der Waals surface area contributed by atoms with E-state index in [-0.39, 0.29) is 5.56 Å². The Hall–Kier alpha value is -2.02. The van der Waals surface area contributed by atoms with E-state index in [4.69, 9.17) is 10.4 Å². The van der Waals surface area contributed by atoms with Gasteiger partial charge in [0, 0.05) is 13.6 Å². The van der Waals surface area contributed by atoms with E-state index in [1.54, 1.807) is 24.1 Å². The van der Waals surface area contributed by atoms with Gasteiger partial charge < -0.3 is 10.0 Å². The van der Waals surface area contributed by atoms with Crippen LogP contribution in [0.4, 0.5) is 5.69 Å². The van der Waals surface area contributed by atoms with E-state index in [1.807, 2.05) is 19.1 Å². The van der Waals surface area contributed by atoms with Crippen molar-refractivity contribution in [3.63, 3.8) is 0 Å². The molecule has 4 heteroatoms. The van der Waals surface area contributed by atoms with Crippen molar-refractivity contribution in [3.8, 4) is 6.07 Å². The third kappa shape index (κ3) is 2.74. The van der Waals surface area contributed by atoms with E-state index >= 15 is 0 Å². The van der Waals surface area contributed by atoms with Gasteiger partial charge in [-0.05, 0) is 19.1 Å². The van der Waals surface area contributed by atoms with E-state index in [2.05, 4.69) is 0 Å². The van der Waals surface area contributed by atoms with Gasteiger partial charge in [-0.2, -0.15) is 5.26 Å². The van der Waals surface area contributed by atoms with Crippen molar-refractivity contribution in [3.05, 3.63) is 29.3 Å². The molecular formula is C12H14N2O2. The summed E-state index contributed by atoms with van der Waals surface area (Å²) in [6.45, 7) is 2.38. The monoisotopic (exact) mass is 218 g/mol. The first-order chi connectivity index (χ1) is 7.56. The minimum Gasteiger partial charge on any atom is -0.478 e. The van der Waals surface area contributed by atoms with Crippen molar-refractivity contribution in [2.24, 2.45) is 0 Å². The van der Waals surface area contributed by atoms with Crippen molar-refractivity contribution in [2.75, 3.05) is 18.5 Å². The van der Waals surface area contributed by atoms with E-state index < -0.39 is 5.97 Å². The van der Waals surface area contributed by atoms with Crippen LogP contribution >= 0.6 is 0 Å². The maximum absolute atomic E-state index is 11.1. The zero-order valence-electron chi connectivity index (χ0n) is 9.40. The maximum atomic E-state index is 11.1. The zero-order valence-corrected chi connectivity index (χ0v) is 9.40. The fourth-order valence-electron chi connectivity index (χ4n) is 1.49. The second-order valence-corrected chi connectivity index (χ2v) is 3.66. The van der Waals surface area contributed by atoms with Crippen LogP contribution in [0.25, 0.3) is 0 Å². The fourth-order valence-corrected chi connectivity index (χ4v) is 1.49. The molecule has 0 atom stereocenters. The van der Waals surface area contributed by atoms with Gasteiger partial charge in [-0.15, -0.1) is 0 Å². The molecule has 1 aromatic rings. The van der Waals surface area contributed by atoms with Gasteiger partial charge >= 0.3 is 5.97 Å². The summed E-state index contributed by atoms with van der Waals surface area (Å²) >= 11 is 0. The lowest BCUT2D eigenvalue weighted by molar-refractivity contribution is 0.0697. The molecule has 0 saturated carbocycles. The molecule has 0 aromatic heterocycles. The summed E-state index contributed by atoms with van der Waals surface area (Å²) in [4.78, 5) is 12.8. The van der Waals surface area contributed by atoms with E-state index in [9.17, 15) is 4.79 Å². The molecule has 0 saturated heterocycles. The lowest BCUT2D eigenvalue weighted by atomic mass is 10.1. The number of aromatic carboxylic acids is 1. The molecule has 0 aliphatic carbocycles. The van der Waals surface area contributed by atoms with Crippen LogP contribution in [0.1, 0.15) is 22.3 Å². The maximum Gasteiger partial charge on any atom is 0.337 e. The Bertz CT molecular complexity index is 435. The lowest BCUT2D eigenvalue weighted by Crippen LogP contribution is -2.20. The minimum atomic E-state index is -0.942. The molecule has 1 rings (SSSR count). The van der Waals surface area contributed by atoms with Gasteiger partial charge in [0.2, 0.25) is 0 Å². The summed E-state index contributed by atoms with van der Waals surface area (Å²) in [6, 6.07) is 7.32. The average molecular weight is 218 g/mol. The normalized spacial score (nSPS) is 9.56. The summed E-state index contributed by atoms with van der Waals surface area (Å²) in [5.41, 5.74) is 1.84. The second-order valence-electron chi connectivity index (χ2n) is 3.66. The minimum absolute atomic E-state index is 0.278. The van der Waals surface area contributed by atoms with Gasteiger partial charge in [-0.1, -0.05) is 11.6 Å². The molecule has 0 fully saturated rings. The van der Waals surface area contributed by atoms with Gasteiger partial charge in [0.15, 0.2) is 0 Å². The molecule has 84 valence electrons. The number of nitrogens with zero attached hydrogens (tertiary/aromatic N) is 2. The highest BCUT2D eigenvalue weighted by Gasteiger charge is 2.13. The Morgan fingerprint density at radius 1 is 1.56 bits per heavy atom. The number of anilines is 1. The number of nitriles is 1. The SMILES string of the molecule is Cc1ccc(N(C)CCC#N)c(C(=O)O)c1. The Labute approximate surface area is 94.7 Å². The largest absolute Gasteiger partial charge is 0.478 e. The summed E-state index contributed by atoms with van der Waals surface area (Å²) < 4.78 is 0. The van der Waals surface area contributed by atoms with Crippen molar-refractivity contribution >= 4 is 11.7 Å². The quantitative estimate of drug-likeness (QED) is 0.839. The number of carboxylic acid groups (broad SMARTS) is 1. The molecule has 0 amide bonds. The second kappa shape index (κ2) is 5.17. The first kappa shape index (κ1) is 12.1. The third-order valence-corrected chi connectivity index (χ3v) is 2.35. The van der Waals surface area contributed by atoms with Crippen molar-refractivity contribution in [1.29, 1.82) is 5.26 Å². The summed E-state index contributed by atoms with van der Waals surface area (Å²) in [6.07, 6.45) is 0.378. The van der Waals surface area contributed by atoms with Crippen LogP contribution in [0, 0.1) is 18.3 Å². The number of benzene rings is 1. The fraction of sp³-hybridized carbons (Fsp3) is 0.333. The molecule has 1 N–H and O–H groups in total.